The number of hydrogen-bond donors (Lipinski definition) is 1. The van der Waals surface area contributed by atoms with Gasteiger partial charge in [-0.2, -0.15) is 0 Å². The highest BCUT2D eigenvalue weighted by atomic mass is 32.1. The molecule has 2 aromatic carbocycles. The molecule has 0 spiro atoms. The Morgan fingerprint density at radius 3 is 2.75 bits per heavy atom. The molecule has 140 valence electrons. The molecule has 0 unspecified atom stereocenters. The number of nitro benzene ring substituents is 1. The van der Waals surface area contributed by atoms with E-state index in [0.29, 0.717) is 5.69 Å². The average Bonchev–Trinajstić information content (AvgIpc) is 3.29. The number of nitro groups is 1. The van der Waals surface area contributed by atoms with Crippen molar-refractivity contribution >= 4 is 33.6 Å². The molecular weight excluding hydrogens is 380 g/mol. The van der Waals surface area contributed by atoms with Gasteiger partial charge in [0.05, 0.1) is 10.6 Å². The highest BCUT2D eigenvalue weighted by molar-refractivity contribution is 7.15. The number of fused-ring (bicyclic) bond motifs is 1. The molecule has 0 radical (unpaired) electrons. The lowest BCUT2D eigenvalue weighted by molar-refractivity contribution is -0.385. The Balaban J connectivity index is 1.38. The SMILES string of the molecule is O=C(COc1ccccc1[N+](=O)[O-])Nc1ccc(-c2cn3ccsc3n2)cc1. The zero-order valence-electron chi connectivity index (χ0n) is 14.4. The molecule has 0 saturated heterocycles. The van der Waals surface area contributed by atoms with Gasteiger partial charge < -0.3 is 10.1 Å². The Morgan fingerprint density at radius 1 is 1.21 bits per heavy atom. The van der Waals surface area contributed by atoms with Crippen LogP contribution in [0.1, 0.15) is 0 Å². The van der Waals surface area contributed by atoms with Crippen LogP contribution in [0.25, 0.3) is 16.2 Å². The number of rotatable bonds is 6. The van der Waals surface area contributed by atoms with Gasteiger partial charge in [0.25, 0.3) is 5.91 Å². The van der Waals surface area contributed by atoms with Crippen LogP contribution in [-0.2, 0) is 4.79 Å². The first-order valence-electron chi connectivity index (χ1n) is 8.29. The maximum atomic E-state index is 12.1. The average molecular weight is 394 g/mol. The molecule has 0 saturated carbocycles. The minimum absolute atomic E-state index is 0.0535. The Hall–Kier alpha value is -3.72. The number of hydrogen-bond acceptors (Lipinski definition) is 6. The number of carbonyl (C=O) groups is 1. The van der Waals surface area contributed by atoms with Crippen molar-refractivity contribution in [2.75, 3.05) is 11.9 Å². The number of thiazole rings is 1. The molecule has 28 heavy (non-hydrogen) atoms. The van der Waals surface area contributed by atoms with E-state index in [1.807, 2.05) is 34.3 Å². The lowest BCUT2D eigenvalue weighted by Gasteiger charge is -2.08. The van der Waals surface area contributed by atoms with Gasteiger partial charge in [-0.3, -0.25) is 19.3 Å². The number of nitrogens with one attached hydrogen (secondary N) is 1. The first-order valence-corrected chi connectivity index (χ1v) is 9.17. The van der Waals surface area contributed by atoms with Gasteiger partial charge in [0.15, 0.2) is 17.3 Å². The van der Waals surface area contributed by atoms with Gasteiger partial charge in [-0.15, -0.1) is 11.3 Å². The second-order valence-electron chi connectivity index (χ2n) is 5.86. The molecule has 2 heterocycles. The zero-order valence-corrected chi connectivity index (χ0v) is 15.3. The van der Waals surface area contributed by atoms with E-state index in [0.717, 1.165) is 16.2 Å². The highest BCUT2D eigenvalue weighted by Crippen LogP contribution is 2.26. The topological polar surface area (TPSA) is 98.8 Å². The lowest BCUT2D eigenvalue weighted by Crippen LogP contribution is -2.20. The fourth-order valence-corrected chi connectivity index (χ4v) is 3.36. The van der Waals surface area contributed by atoms with Crippen molar-refractivity contribution in [3.05, 3.63) is 76.4 Å². The van der Waals surface area contributed by atoms with E-state index in [4.69, 9.17) is 4.74 Å². The van der Waals surface area contributed by atoms with Gasteiger partial charge in [0.1, 0.15) is 0 Å². The van der Waals surface area contributed by atoms with Gasteiger partial charge in [0.2, 0.25) is 0 Å². The Bertz CT molecular complexity index is 1120. The van der Waals surface area contributed by atoms with Crippen LogP contribution in [0.15, 0.2) is 66.3 Å². The maximum absolute atomic E-state index is 12.1. The molecule has 0 aliphatic heterocycles. The number of imidazole rings is 1. The molecule has 9 heteroatoms. The number of para-hydroxylation sites is 2. The van der Waals surface area contributed by atoms with E-state index in [1.54, 1.807) is 29.5 Å². The number of carbonyl (C=O) groups excluding carboxylic acids is 1. The van der Waals surface area contributed by atoms with Crippen LogP contribution in [0.4, 0.5) is 11.4 Å². The molecule has 0 fully saturated rings. The monoisotopic (exact) mass is 394 g/mol. The van der Waals surface area contributed by atoms with Crippen LogP contribution in [0.5, 0.6) is 5.75 Å². The fraction of sp³-hybridized carbons (Fsp3) is 0.0526. The number of benzene rings is 2. The van der Waals surface area contributed by atoms with E-state index in [1.165, 1.54) is 18.2 Å². The smallest absolute Gasteiger partial charge is 0.310 e. The Kier molecular flexibility index (Phi) is 4.73. The second-order valence-corrected chi connectivity index (χ2v) is 6.73. The number of ether oxygens (including phenoxy) is 1. The number of nitrogens with zero attached hydrogens (tertiary/aromatic N) is 3. The summed E-state index contributed by atoms with van der Waals surface area (Å²) >= 11 is 1.56. The number of amides is 1. The largest absolute Gasteiger partial charge is 0.477 e. The van der Waals surface area contributed by atoms with Gasteiger partial charge in [0, 0.05) is 35.1 Å². The quantitative estimate of drug-likeness (QED) is 0.394. The van der Waals surface area contributed by atoms with Crippen molar-refractivity contribution < 1.29 is 14.5 Å². The zero-order chi connectivity index (χ0) is 19.5. The molecule has 4 rings (SSSR count). The van der Waals surface area contributed by atoms with Crippen LogP contribution < -0.4 is 10.1 Å². The standard InChI is InChI=1S/C19H14N4O4S/c24-18(12-27-17-4-2-1-3-16(17)23(25)26)20-14-7-5-13(6-8-14)15-11-22-9-10-28-19(22)21-15/h1-11H,12H2,(H,20,24). The lowest BCUT2D eigenvalue weighted by atomic mass is 10.1. The first kappa shape index (κ1) is 17.7. The number of aromatic nitrogens is 2. The normalized spacial score (nSPS) is 10.7. The van der Waals surface area contributed by atoms with Crippen LogP contribution >= 0.6 is 11.3 Å². The highest BCUT2D eigenvalue weighted by Gasteiger charge is 2.15. The van der Waals surface area contributed by atoms with Crippen LogP contribution in [0.3, 0.4) is 0 Å². The molecule has 4 aromatic rings. The van der Waals surface area contributed by atoms with E-state index in [2.05, 4.69) is 10.3 Å². The summed E-state index contributed by atoms with van der Waals surface area (Å²) in [4.78, 5) is 28.0. The van der Waals surface area contributed by atoms with Crippen molar-refractivity contribution in [1.29, 1.82) is 0 Å². The molecule has 8 nitrogen and oxygen atoms in total. The van der Waals surface area contributed by atoms with E-state index in [9.17, 15) is 14.9 Å². The third-order valence-corrected chi connectivity index (χ3v) is 4.75. The van der Waals surface area contributed by atoms with Crippen LogP contribution in [0, 0.1) is 10.1 Å². The predicted octanol–water partition coefficient (Wildman–Crippen LogP) is 3.99. The van der Waals surface area contributed by atoms with Crippen molar-refractivity contribution in [3.63, 3.8) is 0 Å². The molecule has 1 N–H and O–H groups in total. The van der Waals surface area contributed by atoms with Crippen molar-refractivity contribution in [1.82, 2.24) is 9.38 Å². The van der Waals surface area contributed by atoms with Gasteiger partial charge in [-0.1, -0.05) is 24.3 Å². The number of anilines is 1. The minimum Gasteiger partial charge on any atom is -0.477 e. The molecular formula is C19H14N4O4S. The molecule has 2 aromatic heterocycles. The van der Waals surface area contributed by atoms with E-state index < -0.39 is 10.8 Å². The summed E-state index contributed by atoms with van der Waals surface area (Å²) in [6.07, 6.45) is 3.89. The summed E-state index contributed by atoms with van der Waals surface area (Å²) in [5.74, 6) is -0.355. The Labute approximate surface area is 163 Å². The predicted molar refractivity (Wildman–Crippen MR) is 106 cm³/mol. The van der Waals surface area contributed by atoms with Gasteiger partial charge >= 0.3 is 5.69 Å². The third kappa shape index (κ3) is 3.69. The van der Waals surface area contributed by atoms with E-state index in [-0.39, 0.29) is 18.0 Å². The third-order valence-electron chi connectivity index (χ3n) is 3.98. The van der Waals surface area contributed by atoms with Crippen LogP contribution in [-0.4, -0.2) is 26.8 Å². The molecule has 1 amide bonds. The second kappa shape index (κ2) is 7.49. The first-order chi connectivity index (χ1) is 13.6. The minimum atomic E-state index is -0.550. The molecule has 0 atom stereocenters. The summed E-state index contributed by atoms with van der Waals surface area (Å²) in [5, 5.41) is 15.6. The van der Waals surface area contributed by atoms with E-state index >= 15 is 0 Å². The summed E-state index contributed by atoms with van der Waals surface area (Å²) < 4.78 is 7.24. The summed E-state index contributed by atoms with van der Waals surface area (Å²) in [5.41, 5.74) is 2.20. The van der Waals surface area contributed by atoms with Gasteiger partial charge in [-0.25, -0.2) is 4.98 Å². The van der Waals surface area contributed by atoms with Crippen molar-refractivity contribution in [3.8, 4) is 17.0 Å². The van der Waals surface area contributed by atoms with Gasteiger partial charge in [-0.05, 0) is 18.2 Å². The summed E-state index contributed by atoms with van der Waals surface area (Å²) in [6.45, 7) is -0.329. The summed E-state index contributed by atoms with van der Waals surface area (Å²) in [7, 11) is 0. The van der Waals surface area contributed by atoms with Crippen molar-refractivity contribution in [2.24, 2.45) is 0 Å². The molecule has 0 aliphatic carbocycles. The maximum Gasteiger partial charge on any atom is 0.310 e. The fourth-order valence-electron chi connectivity index (χ4n) is 2.66. The Morgan fingerprint density at radius 2 is 2.00 bits per heavy atom. The summed E-state index contributed by atoms with van der Waals surface area (Å²) in [6, 6.07) is 13.2. The molecule has 0 aliphatic rings. The van der Waals surface area contributed by atoms with Crippen molar-refractivity contribution in [2.45, 2.75) is 0 Å². The van der Waals surface area contributed by atoms with Crippen LogP contribution in [0.2, 0.25) is 0 Å². The molecule has 0 bridgehead atoms.